The summed E-state index contributed by atoms with van der Waals surface area (Å²) in [6.45, 7) is 25.1. The molecular formula is C29H52O4. The number of ether oxygens (including phenoxy) is 1. The van der Waals surface area contributed by atoms with E-state index < -0.39 is 0 Å². The predicted octanol–water partition coefficient (Wildman–Crippen LogP) is 6.93. The number of methoxy groups -OCH3 is 1. The van der Waals surface area contributed by atoms with Crippen LogP contribution >= 0.6 is 0 Å². The van der Waals surface area contributed by atoms with Crippen molar-refractivity contribution >= 4 is 17.3 Å². The molecule has 3 unspecified atom stereocenters. The van der Waals surface area contributed by atoms with Crippen molar-refractivity contribution in [2.45, 2.75) is 109 Å². The van der Waals surface area contributed by atoms with Crippen LogP contribution in [0.15, 0.2) is 0 Å². The van der Waals surface area contributed by atoms with Gasteiger partial charge in [0.25, 0.3) is 0 Å². The molecule has 3 fully saturated rings. The molecule has 0 heterocycles. The predicted molar refractivity (Wildman–Crippen MR) is 136 cm³/mol. The van der Waals surface area contributed by atoms with Crippen LogP contribution in [0.4, 0.5) is 0 Å². The van der Waals surface area contributed by atoms with Gasteiger partial charge in [-0.15, -0.1) is 0 Å². The summed E-state index contributed by atoms with van der Waals surface area (Å²) in [5.41, 5.74) is -0.0978. The molecule has 0 spiro atoms. The zero-order valence-electron chi connectivity index (χ0n) is 23.9. The Morgan fingerprint density at radius 3 is 1.42 bits per heavy atom. The number of hydrogen-bond donors (Lipinski definition) is 0. The highest BCUT2D eigenvalue weighted by Crippen LogP contribution is 2.54. The summed E-state index contributed by atoms with van der Waals surface area (Å²) in [5, 5.41) is 0. The largest absolute Gasteiger partial charge is 0.384 e. The molecule has 0 bridgehead atoms. The Balaban J connectivity index is 0.000000249. The minimum absolute atomic E-state index is 0.0538. The molecule has 4 nitrogen and oxygen atoms in total. The molecule has 3 rings (SSSR count). The van der Waals surface area contributed by atoms with Gasteiger partial charge in [0.15, 0.2) is 0 Å². The van der Waals surface area contributed by atoms with E-state index in [-0.39, 0.29) is 27.6 Å². The van der Waals surface area contributed by atoms with Crippen molar-refractivity contribution in [1.29, 1.82) is 0 Å². The lowest BCUT2D eigenvalue weighted by atomic mass is 9.82. The molecule has 3 atom stereocenters. The average Bonchev–Trinajstić information content (AvgIpc) is 3.55. The molecule has 3 aliphatic rings. The summed E-state index contributed by atoms with van der Waals surface area (Å²) < 4.78 is 5.01. The van der Waals surface area contributed by atoms with Gasteiger partial charge in [-0.25, -0.2) is 0 Å². The van der Waals surface area contributed by atoms with Crippen LogP contribution < -0.4 is 0 Å². The second-order valence-corrected chi connectivity index (χ2v) is 14.7. The molecule has 0 radical (unpaired) electrons. The van der Waals surface area contributed by atoms with Gasteiger partial charge >= 0.3 is 0 Å². The minimum Gasteiger partial charge on any atom is -0.384 e. The van der Waals surface area contributed by atoms with Gasteiger partial charge in [-0.2, -0.15) is 0 Å². The van der Waals surface area contributed by atoms with E-state index in [0.717, 1.165) is 32.3 Å². The molecule has 0 amide bonds. The molecule has 0 aromatic heterocycles. The molecule has 3 saturated carbocycles. The second-order valence-electron chi connectivity index (χ2n) is 14.7. The maximum Gasteiger partial charge on any atom is 0.144 e. The van der Waals surface area contributed by atoms with Crippen molar-refractivity contribution in [3.8, 4) is 0 Å². The first-order valence-electron chi connectivity index (χ1n) is 12.7. The lowest BCUT2D eigenvalue weighted by molar-refractivity contribution is -0.131. The highest BCUT2D eigenvalue weighted by atomic mass is 16.5. The third kappa shape index (κ3) is 8.92. The third-order valence-corrected chi connectivity index (χ3v) is 7.18. The van der Waals surface area contributed by atoms with Crippen molar-refractivity contribution < 1.29 is 19.1 Å². The van der Waals surface area contributed by atoms with E-state index in [1.807, 2.05) is 62.3 Å². The van der Waals surface area contributed by atoms with Gasteiger partial charge in [-0.1, -0.05) is 83.1 Å². The Bertz CT molecular complexity index is 713. The fourth-order valence-electron chi connectivity index (χ4n) is 4.28. The van der Waals surface area contributed by atoms with Crippen molar-refractivity contribution in [1.82, 2.24) is 0 Å². The Labute approximate surface area is 204 Å². The summed E-state index contributed by atoms with van der Waals surface area (Å²) in [7, 11) is 1.69. The fraction of sp³-hybridized carbons (Fsp3) is 0.897. The van der Waals surface area contributed by atoms with Crippen molar-refractivity contribution in [2.24, 2.45) is 44.8 Å². The van der Waals surface area contributed by atoms with Crippen LogP contribution in [0.3, 0.4) is 0 Å². The van der Waals surface area contributed by atoms with E-state index in [9.17, 15) is 14.4 Å². The molecule has 3 aliphatic carbocycles. The van der Waals surface area contributed by atoms with E-state index in [1.54, 1.807) is 7.11 Å². The minimum atomic E-state index is -0.173. The first kappa shape index (κ1) is 30.0. The number of hydrogen-bond acceptors (Lipinski definition) is 4. The number of carbonyl (C=O) groups excluding carboxylic acids is 3. The maximum atomic E-state index is 11.7. The average molecular weight is 465 g/mol. The quantitative estimate of drug-likeness (QED) is 0.442. The number of carbonyl (C=O) groups is 3. The van der Waals surface area contributed by atoms with Gasteiger partial charge in [0.1, 0.15) is 17.3 Å². The SMILES string of the molecule is CC(C)(C)C(=O)C1(C)CC1.CC(C)(C)C(=O)C1CC1(C)C.COCC1CC1C(=O)C(C)(C)C. The molecule has 192 valence electrons. The van der Waals surface area contributed by atoms with E-state index >= 15 is 0 Å². The number of ketones is 3. The monoisotopic (exact) mass is 464 g/mol. The number of Topliss-reactive ketones (excluding diaryl/α,β-unsaturated/α-hetero) is 3. The summed E-state index contributed by atoms with van der Waals surface area (Å²) in [6, 6.07) is 0. The Morgan fingerprint density at radius 1 is 0.788 bits per heavy atom. The Hall–Kier alpha value is -1.03. The lowest BCUT2D eigenvalue weighted by Gasteiger charge is -2.20. The van der Waals surface area contributed by atoms with Crippen LogP contribution in [-0.2, 0) is 19.1 Å². The van der Waals surface area contributed by atoms with Gasteiger partial charge in [0.2, 0.25) is 0 Å². The normalized spacial score (nSPS) is 26.6. The molecule has 33 heavy (non-hydrogen) atoms. The third-order valence-electron chi connectivity index (χ3n) is 7.18. The van der Waals surface area contributed by atoms with E-state index in [2.05, 4.69) is 20.8 Å². The highest BCUT2D eigenvalue weighted by molar-refractivity contribution is 5.91. The topological polar surface area (TPSA) is 60.4 Å². The fourth-order valence-corrected chi connectivity index (χ4v) is 4.28. The standard InChI is InChI=1S/C10H18O2.C10H18O.C9H16O/c1-10(2,3)9(11)8-5-7(8)6-12-4;1-9(2,3)8(11)7-6-10(7,4)5;1-8(2,3)7(10)9(4)5-6-9/h7-8H,5-6H2,1-4H3;7H,6H2,1-5H3;5-6H2,1-4H3. The van der Waals surface area contributed by atoms with Crippen molar-refractivity contribution in [2.75, 3.05) is 13.7 Å². The zero-order valence-corrected chi connectivity index (χ0v) is 23.9. The van der Waals surface area contributed by atoms with Crippen LogP contribution in [0.25, 0.3) is 0 Å². The highest BCUT2D eigenvalue weighted by Gasteiger charge is 2.52. The first-order chi connectivity index (χ1) is 14.6. The molecule has 0 aromatic rings. The van der Waals surface area contributed by atoms with Gasteiger partial charge in [0, 0.05) is 47.2 Å². The van der Waals surface area contributed by atoms with E-state index in [1.165, 1.54) is 0 Å². The van der Waals surface area contributed by atoms with Crippen LogP contribution in [0.2, 0.25) is 0 Å². The summed E-state index contributed by atoms with van der Waals surface area (Å²) in [5.74, 6) is 2.38. The molecular weight excluding hydrogens is 412 g/mol. The molecule has 4 heteroatoms. The van der Waals surface area contributed by atoms with Gasteiger partial charge < -0.3 is 4.74 Å². The van der Waals surface area contributed by atoms with E-state index in [4.69, 9.17) is 4.74 Å². The molecule has 0 aliphatic heterocycles. The smallest absolute Gasteiger partial charge is 0.144 e. The lowest BCUT2D eigenvalue weighted by Crippen LogP contribution is -2.27. The van der Waals surface area contributed by atoms with Crippen LogP contribution in [0, 0.1) is 44.8 Å². The summed E-state index contributed by atoms with van der Waals surface area (Å²) in [4.78, 5) is 34.8. The summed E-state index contributed by atoms with van der Waals surface area (Å²) in [6.07, 6.45) is 4.32. The first-order valence-corrected chi connectivity index (χ1v) is 12.7. The summed E-state index contributed by atoms with van der Waals surface area (Å²) >= 11 is 0. The van der Waals surface area contributed by atoms with Gasteiger partial charge in [-0.3, -0.25) is 14.4 Å². The zero-order chi connectivity index (χ0) is 26.2. The van der Waals surface area contributed by atoms with Crippen LogP contribution in [0.5, 0.6) is 0 Å². The Kier molecular flexibility index (Phi) is 9.01. The van der Waals surface area contributed by atoms with Crippen molar-refractivity contribution in [3.05, 3.63) is 0 Å². The molecule has 0 saturated heterocycles. The van der Waals surface area contributed by atoms with Crippen molar-refractivity contribution in [3.63, 3.8) is 0 Å². The Morgan fingerprint density at radius 2 is 1.21 bits per heavy atom. The second kappa shape index (κ2) is 9.91. The van der Waals surface area contributed by atoms with E-state index in [0.29, 0.717) is 34.6 Å². The van der Waals surface area contributed by atoms with Gasteiger partial charge in [0.05, 0.1) is 0 Å². The number of rotatable bonds is 5. The van der Waals surface area contributed by atoms with Crippen LogP contribution in [0.1, 0.15) is 109 Å². The van der Waals surface area contributed by atoms with Crippen LogP contribution in [-0.4, -0.2) is 31.1 Å². The molecule has 0 N–H and O–H groups in total. The van der Waals surface area contributed by atoms with Gasteiger partial charge in [-0.05, 0) is 37.0 Å². The maximum absolute atomic E-state index is 11.7. The molecule has 0 aromatic carbocycles.